The first-order valence-corrected chi connectivity index (χ1v) is 7.76. The summed E-state index contributed by atoms with van der Waals surface area (Å²) in [4.78, 5) is 16.2. The molecule has 0 unspecified atom stereocenters. The fourth-order valence-corrected chi connectivity index (χ4v) is 2.39. The number of hydrogen-bond donors (Lipinski definition) is 1. The van der Waals surface area contributed by atoms with E-state index in [0.717, 1.165) is 5.56 Å². The zero-order chi connectivity index (χ0) is 16.2. The van der Waals surface area contributed by atoms with Crippen LogP contribution in [0.4, 0.5) is 4.39 Å². The molecule has 1 atom stereocenters. The molecule has 1 aliphatic carbocycles. The van der Waals surface area contributed by atoms with Crippen molar-refractivity contribution in [1.29, 1.82) is 0 Å². The Balaban J connectivity index is 1.55. The van der Waals surface area contributed by atoms with Crippen LogP contribution in [0.1, 0.15) is 35.7 Å². The molecule has 1 aromatic heterocycles. The molecule has 120 valence electrons. The molecule has 1 aromatic carbocycles. The maximum absolute atomic E-state index is 13.1. The van der Waals surface area contributed by atoms with Gasteiger partial charge in [-0.25, -0.2) is 9.37 Å². The van der Waals surface area contributed by atoms with Gasteiger partial charge in [-0.05, 0) is 49.4 Å². The summed E-state index contributed by atoms with van der Waals surface area (Å²) in [5.74, 6) is 0.603. The lowest BCUT2D eigenvalue weighted by Crippen LogP contribution is -2.34. The molecule has 0 aliphatic heterocycles. The normalized spacial score (nSPS) is 15.0. The molecule has 1 N–H and O–H groups in total. The van der Waals surface area contributed by atoms with Crippen molar-refractivity contribution in [2.75, 3.05) is 0 Å². The summed E-state index contributed by atoms with van der Waals surface area (Å²) in [5.41, 5.74) is 1.24. The van der Waals surface area contributed by atoms with E-state index < -0.39 is 0 Å². The molecule has 3 rings (SSSR count). The van der Waals surface area contributed by atoms with Gasteiger partial charge in [-0.3, -0.25) is 4.79 Å². The number of rotatable bonds is 6. The predicted octanol–water partition coefficient (Wildman–Crippen LogP) is 3.33. The number of aromatic nitrogens is 1. The Bertz CT molecular complexity index is 684. The van der Waals surface area contributed by atoms with Crippen molar-refractivity contribution in [2.24, 2.45) is 5.92 Å². The summed E-state index contributed by atoms with van der Waals surface area (Å²) in [7, 11) is 0. The number of carbonyl (C=O) groups is 1. The number of nitrogens with zero attached hydrogens (tertiary/aromatic N) is 1. The number of hydrogen-bond acceptors (Lipinski definition) is 3. The van der Waals surface area contributed by atoms with Gasteiger partial charge in [-0.1, -0.05) is 12.1 Å². The van der Waals surface area contributed by atoms with Crippen LogP contribution >= 0.6 is 0 Å². The molecule has 1 fully saturated rings. The zero-order valence-electron chi connectivity index (χ0n) is 13.0. The Kier molecular flexibility index (Phi) is 4.55. The maximum Gasteiger partial charge on any atom is 0.253 e. The SMILES string of the molecule is C[C@@H](NC(=O)c1ccc(OCc2cccc(F)c2)nc1)C1CC1. The Morgan fingerprint density at radius 3 is 2.87 bits per heavy atom. The van der Waals surface area contributed by atoms with Crippen LogP contribution in [0.5, 0.6) is 5.88 Å². The van der Waals surface area contributed by atoms with Crippen molar-refractivity contribution in [3.63, 3.8) is 0 Å². The number of nitrogens with one attached hydrogen (secondary N) is 1. The van der Waals surface area contributed by atoms with Gasteiger partial charge in [-0.15, -0.1) is 0 Å². The minimum atomic E-state index is -0.295. The molecule has 5 heteroatoms. The molecule has 1 aliphatic rings. The Morgan fingerprint density at radius 1 is 1.39 bits per heavy atom. The minimum absolute atomic E-state index is 0.117. The third-order valence-corrected chi connectivity index (χ3v) is 3.96. The molecule has 0 saturated heterocycles. The van der Waals surface area contributed by atoms with Crippen LogP contribution in [-0.4, -0.2) is 16.9 Å². The van der Waals surface area contributed by atoms with Gasteiger partial charge in [0.2, 0.25) is 5.88 Å². The van der Waals surface area contributed by atoms with E-state index in [0.29, 0.717) is 17.4 Å². The maximum atomic E-state index is 13.1. The molecule has 1 saturated carbocycles. The molecule has 1 amide bonds. The fraction of sp³-hybridized carbons (Fsp3) is 0.333. The van der Waals surface area contributed by atoms with E-state index in [1.54, 1.807) is 24.3 Å². The fourth-order valence-electron chi connectivity index (χ4n) is 2.39. The van der Waals surface area contributed by atoms with Crippen molar-refractivity contribution in [3.8, 4) is 5.88 Å². The summed E-state index contributed by atoms with van der Waals surface area (Å²) in [6, 6.07) is 9.75. The highest BCUT2D eigenvalue weighted by molar-refractivity contribution is 5.94. The summed E-state index contributed by atoms with van der Waals surface area (Å²) < 4.78 is 18.6. The van der Waals surface area contributed by atoms with Gasteiger partial charge in [0.25, 0.3) is 5.91 Å². The van der Waals surface area contributed by atoms with Crippen molar-refractivity contribution < 1.29 is 13.9 Å². The van der Waals surface area contributed by atoms with Crippen LogP contribution in [-0.2, 0) is 6.61 Å². The second-order valence-corrected chi connectivity index (χ2v) is 5.90. The molecular weight excluding hydrogens is 295 g/mol. The summed E-state index contributed by atoms with van der Waals surface area (Å²) >= 11 is 0. The molecule has 0 spiro atoms. The number of halogens is 1. The average molecular weight is 314 g/mol. The van der Waals surface area contributed by atoms with Crippen molar-refractivity contribution in [2.45, 2.75) is 32.4 Å². The van der Waals surface area contributed by atoms with Crippen LogP contribution in [0.15, 0.2) is 42.6 Å². The van der Waals surface area contributed by atoms with Gasteiger partial charge >= 0.3 is 0 Å². The van der Waals surface area contributed by atoms with Crippen molar-refractivity contribution in [1.82, 2.24) is 10.3 Å². The van der Waals surface area contributed by atoms with Crippen LogP contribution < -0.4 is 10.1 Å². The Hall–Kier alpha value is -2.43. The van der Waals surface area contributed by atoms with Gasteiger partial charge in [0.15, 0.2) is 0 Å². The number of pyridine rings is 1. The molecule has 0 bridgehead atoms. The third-order valence-electron chi connectivity index (χ3n) is 3.96. The van der Waals surface area contributed by atoms with E-state index in [1.807, 2.05) is 6.92 Å². The average Bonchev–Trinajstić information content (AvgIpc) is 3.38. The molecule has 1 heterocycles. The van der Waals surface area contributed by atoms with E-state index in [4.69, 9.17) is 4.74 Å². The number of amides is 1. The first-order valence-electron chi connectivity index (χ1n) is 7.76. The Labute approximate surface area is 134 Å². The van der Waals surface area contributed by atoms with E-state index in [9.17, 15) is 9.18 Å². The van der Waals surface area contributed by atoms with Gasteiger partial charge in [0.1, 0.15) is 12.4 Å². The van der Waals surface area contributed by atoms with Gasteiger partial charge < -0.3 is 10.1 Å². The number of carbonyl (C=O) groups excluding carboxylic acids is 1. The standard InChI is InChI=1S/C18H19FN2O2/c1-12(14-5-6-14)21-18(22)15-7-8-17(20-10-15)23-11-13-3-2-4-16(19)9-13/h2-4,7-10,12,14H,5-6,11H2,1H3,(H,21,22)/t12-/m1/s1. The Morgan fingerprint density at radius 2 is 2.22 bits per heavy atom. The smallest absolute Gasteiger partial charge is 0.253 e. The third kappa shape index (κ3) is 4.28. The minimum Gasteiger partial charge on any atom is -0.473 e. The molecular formula is C18H19FN2O2. The zero-order valence-corrected chi connectivity index (χ0v) is 13.0. The van der Waals surface area contributed by atoms with E-state index >= 15 is 0 Å². The van der Waals surface area contributed by atoms with Crippen LogP contribution in [0.25, 0.3) is 0 Å². The van der Waals surface area contributed by atoms with E-state index in [1.165, 1.54) is 31.2 Å². The molecule has 23 heavy (non-hydrogen) atoms. The lowest BCUT2D eigenvalue weighted by molar-refractivity contribution is 0.0935. The van der Waals surface area contributed by atoms with Crippen LogP contribution in [0.2, 0.25) is 0 Å². The number of ether oxygens (including phenoxy) is 1. The molecule has 0 radical (unpaired) electrons. The second kappa shape index (κ2) is 6.77. The van der Waals surface area contributed by atoms with E-state index in [-0.39, 0.29) is 24.4 Å². The molecule has 4 nitrogen and oxygen atoms in total. The van der Waals surface area contributed by atoms with Crippen LogP contribution in [0.3, 0.4) is 0 Å². The first kappa shape index (κ1) is 15.5. The highest BCUT2D eigenvalue weighted by Crippen LogP contribution is 2.32. The first-order chi connectivity index (χ1) is 11.1. The topological polar surface area (TPSA) is 51.2 Å². The molecule has 2 aromatic rings. The summed E-state index contributed by atoms with van der Waals surface area (Å²) in [6.07, 6.45) is 3.87. The highest BCUT2D eigenvalue weighted by Gasteiger charge is 2.29. The lowest BCUT2D eigenvalue weighted by atomic mass is 10.2. The quantitative estimate of drug-likeness (QED) is 0.890. The monoisotopic (exact) mass is 314 g/mol. The van der Waals surface area contributed by atoms with Crippen molar-refractivity contribution >= 4 is 5.91 Å². The lowest BCUT2D eigenvalue weighted by Gasteiger charge is -2.12. The van der Waals surface area contributed by atoms with Crippen molar-refractivity contribution in [3.05, 3.63) is 59.5 Å². The largest absolute Gasteiger partial charge is 0.473 e. The van der Waals surface area contributed by atoms with Crippen LogP contribution in [0, 0.1) is 11.7 Å². The predicted molar refractivity (Wildman–Crippen MR) is 84.6 cm³/mol. The van der Waals surface area contributed by atoms with Gasteiger partial charge in [0.05, 0.1) is 5.56 Å². The highest BCUT2D eigenvalue weighted by atomic mass is 19.1. The van der Waals surface area contributed by atoms with Gasteiger partial charge in [-0.2, -0.15) is 0 Å². The second-order valence-electron chi connectivity index (χ2n) is 5.90. The van der Waals surface area contributed by atoms with E-state index in [2.05, 4.69) is 10.3 Å². The summed E-state index contributed by atoms with van der Waals surface area (Å²) in [6.45, 7) is 2.26. The van der Waals surface area contributed by atoms with Gasteiger partial charge in [0, 0.05) is 18.3 Å². The summed E-state index contributed by atoms with van der Waals surface area (Å²) in [5, 5.41) is 2.98. The number of benzene rings is 1.